The SMILES string of the molecule is CNc1cccnc1S(=O)(=O)N1CC(=O)NC(=O)C1(C)C. The van der Waals surface area contributed by atoms with E-state index in [0.717, 1.165) is 4.31 Å². The van der Waals surface area contributed by atoms with E-state index in [2.05, 4.69) is 15.6 Å². The van der Waals surface area contributed by atoms with Crippen LogP contribution in [0.4, 0.5) is 5.69 Å². The molecule has 9 heteroatoms. The van der Waals surface area contributed by atoms with Crippen LogP contribution in [0.5, 0.6) is 0 Å². The number of anilines is 1. The van der Waals surface area contributed by atoms with E-state index in [1.807, 2.05) is 0 Å². The first kappa shape index (κ1) is 15.4. The molecular formula is C12H16N4O4S. The maximum atomic E-state index is 12.8. The van der Waals surface area contributed by atoms with Crippen molar-refractivity contribution in [2.75, 3.05) is 18.9 Å². The van der Waals surface area contributed by atoms with Crippen LogP contribution in [0.1, 0.15) is 13.8 Å². The number of hydrogen-bond acceptors (Lipinski definition) is 6. The fourth-order valence-electron chi connectivity index (χ4n) is 2.04. The normalized spacial score (nSPS) is 19.2. The standard InChI is InChI=1S/C12H16N4O4S/c1-12(2)11(18)15-9(17)7-16(12)21(19,20)10-8(13-3)5-4-6-14-10/h4-6,13H,7H2,1-3H3,(H,15,17,18). The van der Waals surface area contributed by atoms with Crippen LogP contribution in [-0.2, 0) is 19.6 Å². The van der Waals surface area contributed by atoms with Crippen LogP contribution in [0.3, 0.4) is 0 Å². The summed E-state index contributed by atoms with van der Waals surface area (Å²) in [5.74, 6) is -1.32. The maximum absolute atomic E-state index is 12.8. The zero-order valence-corrected chi connectivity index (χ0v) is 12.7. The highest BCUT2D eigenvalue weighted by molar-refractivity contribution is 7.89. The molecule has 1 aliphatic heterocycles. The fourth-order valence-corrected chi connectivity index (χ4v) is 3.86. The van der Waals surface area contributed by atoms with E-state index < -0.39 is 33.9 Å². The third-order valence-electron chi connectivity index (χ3n) is 3.29. The number of sulfonamides is 1. The molecule has 2 heterocycles. The van der Waals surface area contributed by atoms with E-state index in [4.69, 9.17) is 0 Å². The quantitative estimate of drug-likeness (QED) is 0.732. The van der Waals surface area contributed by atoms with Gasteiger partial charge in [0.1, 0.15) is 5.54 Å². The molecule has 0 aliphatic carbocycles. The topological polar surface area (TPSA) is 108 Å². The molecular weight excluding hydrogens is 296 g/mol. The minimum Gasteiger partial charge on any atom is -0.386 e. The number of pyridine rings is 1. The Hall–Kier alpha value is -2.00. The minimum atomic E-state index is -4.10. The number of hydrogen-bond donors (Lipinski definition) is 2. The number of piperazine rings is 1. The van der Waals surface area contributed by atoms with E-state index >= 15 is 0 Å². The lowest BCUT2D eigenvalue weighted by molar-refractivity contribution is -0.141. The van der Waals surface area contributed by atoms with Gasteiger partial charge in [-0.3, -0.25) is 14.9 Å². The first-order chi connectivity index (χ1) is 9.71. The monoisotopic (exact) mass is 312 g/mol. The number of aromatic nitrogens is 1. The lowest BCUT2D eigenvalue weighted by Gasteiger charge is -2.38. The summed E-state index contributed by atoms with van der Waals surface area (Å²) in [5, 5.41) is 4.65. The number of carbonyl (C=O) groups is 2. The van der Waals surface area contributed by atoms with Crippen molar-refractivity contribution in [1.29, 1.82) is 0 Å². The Balaban J connectivity index is 2.57. The van der Waals surface area contributed by atoms with Gasteiger partial charge in [-0.1, -0.05) is 0 Å². The van der Waals surface area contributed by atoms with Crippen LogP contribution in [0, 0.1) is 0 Å². The van der Waals surface area contributed by atoms with Crippen molar-refractivity contribution < 1.29 is 18.0 Å². The second kappa shape index (κ2) is 5.08. The molecule has 1 aromatic rings. The van der Waals surface area contributed by atoms with Crippen LogP contribution < -0.4 is 10.6 Å². The molecule has 0 atom stereocenters. The molecule has 0 spiro atoms. The molecule has 114 valence electrons. The van der Waals surface area contributed by atoms with Gasteiger partial charge < -0.3 is 5.32 Å². The molecule has 2 amide bonds. The number of imide groups is 1. The van der Waals surface area contributed by atoms with Crippen molar-refractivity contribution in [3.8, 4) is 0 Å². The lowest BCUT2D eigenvalue weighted by Crippen LogP contribution is -2.65. The Kier molecular flexibility index (Phi) is 3.72. The van der Waals surface area contributed by atoms with Crippen molar-refractivity contribution in [3.63, 3.8) is 0 Å². The summed E-state index contributed by atoms with van der Waals surface area (Å²) in [6.45, 7) is 2.45. The highest BCUT2D eigenvalue weighted by Crippen LogP contribution is 2.29. The Labute approximate surface area is 122 Å². The van der Waals surface area contributed by atoms with Crippen molar-refractivity contribution in [2.24, 2.45) is 0 Å². The molecule has 0 radical (unpaired) electrons. The van der Waals surface area contributed by atoms with Crippen molar-refractivity contribution in [2.45, 2.75) is 24.4 Å². The number of amides is 2. The minimum absolute atomic E-state index is 0.219. The molecule has 0 aromatic carbocycles. The second-order valence-corrected chi connectivity index (χ2v) is 6.83. The second-order valence-electron chi connectivity index (χ2n) is 5.05. The highest BCUT2D eigenvalue weighted by atomic mass is 32.2. The predicted octanol–water partition coefficient (Wildman–Crippen LogP) is -0.451. The smallest absolute Gasteiger partial charge is 0.264 e. The summed E-state index contributed by atoms with van der Waals surface area (Å²) in [5.41, 5.74) is -1.08. The Morgan fingerprint density at radius 1 is 1.38 bits per heavy atom. The summed E-state index contributed by atoms with van der Waals surface area (Å²) < 4.78 is 26.4. The largest absolute Gasteiger partial charge is 0.386 e. The molecule has 1 saturated heterocycles. The summed E-state index contributed by atoms with van der Waals surface area (Å²) in [4.78, 5) is 27.3. The van der Waals surface area contributed by atoms with Gasteiger partial charge in [-0.15, -0.1) is 0 Å². The first-order valence-corrected chi connectivity index (χ1v) is 7.65. The first-order valence-electron chi connectivity index (χ1n) is 6.21. The van der Waals surface area contributed by atoms with E-state index in [-0.39, 0.29) is 5.03 Å². The summed E-state index contributed by atoms with van der Waals surface area (Å²) in [6.07, 6.45) is 1.34. The molecule has 8 nitrogen and oxygen atoms in total. The number of carbonyl (C=O) groups excluding carboxylic acids is 2. The van der Waals surface area contributed by atoms with Gasteiger partial charge in [0.2, 0.25) is 11.8 Å². The van der Waals surface area contributed by atoms with Crippen LogP contribution in [0.2, 0.25) is 0 Å². The van der Waals surface area contributed by atoms with Crippen LogP contribution >= 0.6 is 0 Å². The van der Waals surface area contributed by atoms with Crippen LogP contribution in [0.25, 0.3) is 0 Å². The van der Waals surface area contributed by atoms with Crippen molar-refractivity contribution in [3.05, 3.63) is 18.3 Å². The van der Waals surface area contributed by atoms with Gasteiger partial charge in [0, 0.05) is 13.2 Å². The van der Waals surface area contributed by atoms with E-state index in [1.54, 1.807) is 19.2 Å². The number of nitrogens with zero attached hydrogens (tertiary/aromatic N) is 2. The van der Waals surface area contributed by atoms with E-state index in [1.165, 1.54) is 20.0 Å². The van der Waals surface area contributed by atoms with Gasteiger partial charge in [0.15, 0.2) is 5.03 Å². The number of rotatable bonds is 3. The molecule has 0 saturated carbocycles. The van der Waals surface area contributed by atoms with Crippen molar-refractivity contribution >= 4 is 27.5 Å². The Morgan fingerprint density at radius 2 is 2.05 bits per heavy atom. The molecule has 21 heavy (non-hydrogen) atoms. The summed E-state index contributed by atoms with van der Waals surface area (Å²) in [7, 11) is -2.54. The zero-order chi connectivity index (χ0) is 15.8. The predicted molar refractivity (Wildman–Crippen MR) is 74.9 cm³/mol. The molecule has 0 bridgehead atoms. The molecule has 1 aliphatic rings. The van der Waals surface area contributed by atoms with Crippen LogP contribution in [-0.4, -0.2) is 48.7 Å². The van der Waals surface area contributed by atoms with E-state index in [0.29, 0.717) is 5.69 Å². The lowest BCUT2D eigenvalue weighted by atomic mass is 10.0. The van der Waals surface area contributed by atoms with Crippen molar-refractivity contribution in [1.82, 2.24) is 14.6 Å². The van der Waals surface area contributed by atoms with Gasteiger partial charge in [-0.2, -0.15) is 4.31 Å². The summed E-state index contributed by atoms with van der Waals surface area (Å²) in [6, 6.07) is 3.14. The maximum Gasteiger partial charge on any atom is 0.264 e. The van der Waals surface area contributed by atoms with Crippen LogP contribution in [0.15, 0.2) is 23.4 Å². The van der Waals surface area contributed by atoms with Gasteiger partial charge in [-0.05, 0) is 26.0 Å². The molecule has 2 rings (SSSR count). The molecule has 0 unspecified atom stereocenters. The highest BCUT2D eigenvalue weighted by Gasteiger charge is 2.48. The Bertz CT molecular complexity index is 699. The van der Waals surface area contributed by atoms with Gasteiger partial charge >= 0.3 is 0 Å². The third kappa shape index (κ3) is 2.49. The van der Waals surface area contributed by atoms with Gasteiger partial charge in [0.25, 0.3) is 10.0 Å². The molecule has 1 aromatic heterocycles. The fraction of sp³-hybridized carbons (Fsp3) is 0.417. The average Bonchev–Trinajstić information content (AvgIpc) is 2.43. The van der Waals surface area contributed by atoms with E-state index in [9.17, 15) is 18.0 Å². The van der Waals surface area contributed by atoms with Gasteiger partial charge in [-0.25, -0.2) is 13.4 Å². The third-order valence-corrected chi connectivity index (χ3v) is 5.27. The number of nitrogens with one attached hydrogen (secondary N) is 2. The Morgan fingerprint density at radius 3 is 2.67 bits per heavy atom. The molecule has 1 fully saturated rings. The van der Waals surface area contributed by atoms with Gasteiger partial charge in [0.05, 0.1) is 12.2 Å². The zero-order valence-electron chi connectivity index (χ0n) is 11.9. The average molecular weight is 312 g/mol. The summed E-state index contributed by atoms with van der Waals surface area (Å²) >= 11 is 0. The molecule has 2 N–H and O–H groups in total.